The molecule has 0 unspecified atom stereocenters. The first-order valence-corrected chi connectivity index (χ1v) is 8.35. The Morgan fingerprint density at radius 1 is 1.26 bits per heavy atom. The van der Waals surface area contributed by atoms with Gasteiger partial charge in [0.15, 0.2) is 0 Å². The SMILES string of the molecule is CN(Cc1nnc(C2CC2)o1)[C@@H]1CCN(CCn2cncn2)C1. The Hall–Kier alpha value is -1.80. The molecule has 23 heavy (non-hydrogen) atoms. The molecule has 2 aromatic heterocycles. The quantitative estimate of drug-likeness (QED) is 0.745. The standard InChI is InChI=1S/C15H23N7O/c1-20(9-14-18-19-15(23-14)12-2-3-12)13-4-5-21(8-13)6-7-22-11-16-10-17-22/h10-13H,2-9H2,1H3/t13-/m1/s1. The Morgan fingerprint density at radius 2 is 2.17 bits per heavy atom. The smallest absolute Gasteiger partial charge is 0.230 e. The molecule has 2 aromatic rings. The zero-order valence-electron chi connectivity index (χ0n) is 13.5. The van der Waals surface area contributed by atoms with Gasteiger partial charge in [0.2, 0.25) is 11.8 Å². The van der Waals surface area contributed by atoms with Crippen molar-refractivity contribution >= 4 is 0 Å². The highest BCUT2D eigenvalue weighted by Crippen LogP contribution is 2.39. The maximum Gasteiger partial charge on any atom is 0.230 e. The fourth-order valence-corrected chi connectivity index (χ4v) is 3.14. The minimum Gasteiger partial charge on any atom is -0.424 e. The van der Waals surface area contributed by atoms with Gasteiger partial charge >= 0.3 is 0 Å². The molecule has 2 fully saturated rings. The second-order valence-corrected chi connectivity index (χ2v) is 6.63. The van der Waals surface area contributed by atoms with Crippen molar-refractivity contribution < 1.29 is 4.42 Å². The van der Waals surface area contributed by atoms with Crippen molar-refractivity contribution in [1.82, 2.24) is 34.8 Å². The van der Waals surface area contributed by atoms with Crippen LogP contribution in [0.4, 0.5) is 0 Å². The summed E-state index contributed by atoms with van der Waals surface area (Å²) in [5, 5.41) is 12.5. The molecular weight excluding hydrogens is 294 g/mol. The van der Waals surface area contributed by atoms with E-state index in [1.807, 2.05) is 4.68 Å². The van der Waals surface area contributed by atoms with Gasteiger partial charge in [0, 0.05) is 25.0 Å². The molecule has 1 saturated carbocycles. The molecule has 0 radical (unpaired) electrons. The topological polar surface area (TPSA) is 76.1 Å². The summed E-state index contributed by atoms with van der Waals surface area (Å²) < 4.78 is 7.65. The predicted octanol–water partition coefficient (Wildman–Crippen LogP) is 0.745. The largest absolute Gasteiger partial charge is 0.424 e. The van der Waals surface area contributed by atoms with Crippen LogP contribution in [-0.2, 0) is 13.1 Å². The van der Waals surface area contributed by atoms with Crippen LogP contribution in [0.25, 0.3) is 0 Å². The Kier molecular flexibility index (Phi) is 4.09. The van der Waals surface area contributed by atoms with Crippen molar-refractivity contribution in [3.63, 3.8) is 0 Å². The molecule has 124 valence electrons. The van der Waals surface area contributed by atoms with Gasteiger partial charge in [-0.05, 0) is 32.9 Å². The van der Waals surface area contributed by atoms with Crippen LogP contribution in [0.2, 0.25) is 0 Å². The van der Waals surface area contributed by atoms with Crippen molar-refractivity contribution in [3.05, 3.63) is 24.4 Å². The normalized spacial score (nSPS) is 22.3. The lowest BCUT2D eigenvalue weighted by Crippen LogP contribution is -2.35. The highest BCUT2D eigenvalue weighted by molar-refractivity contribution is 5.00. The van der Waals surface area contributed by atoms with Crippen molar-refractivity contribution in [3.8, 4) is 0 Å². The lowest BCUT2D eigenvalue weighted by Gasteiger charge is -2.23. The minimum atomic E-state index is 0.528. The maximum absolute atomic E-state index is 5.77. The van der Waals surface area contributed by atoms with Crippen molar-refractivity contribution in [2.75, 3.05) is 26.7 Å². The van der Waals surface area contributed by atoms with E-state index in [4.69, 9.17) is 4.42 Å². The number of likely N-dealkylation sites (N-methyl/N-ethyl adjacent to an activating group) is 1. The van der Waals surface area contributed by atoms with Crippen LogP contribution in [0.3, 0.4) is 0 Å². The summed E-state index contributed by atoms with van der Waals surface area (Å²) in [6, 6.07) is 0.544. The predicted molar refractivity (Wildman–Crippen MR) is 82.6 cm³/mol. The summed E-state index contributed by atoms with van der Waals surface area (Å²) in [5.74, 6) is 2.10. The Labute approximate surface area is 135 Å². The summed E-state index contributed by atoms with van der Waals surface area (Å²) in [6.45, 7) is 4.85. The first-order valence-electron chi connectivity index (χ1n) is 8.35. The number of aromatic nitrogens is 5. The van der Waals surface area contributed by atoms with Gasteiger partial charge in [0.25, 0.3) is 0 Å². The van der Waals surface area contributed by atoms with E-state index in [1.54, 1.807) is 12.7 Å². The minimum absolute atomic E-state index is 0.528. The van der Waals surface area contributed by atoms with E-state index >= 15 is 0 Å². The molecule has 0 bridgehead atoms. The third-order valence-electron chi connectivity index (χ3n) is 4.78. The van der Waals surface area contributed by atoms with Crippen molar-refractivity contribution in [1.29, 1.82) is 0 Å². The molecule has 1 atom stereocenters. The van der Waals surface area contributed by atoms with Gasteiger partial charge in [-0.25, -0.2) is 4.98 Å². The van der Waals surface area contributed by atoms with Gasteiger partial charge in [0.1, 0.15) is 12.7 Å². The molecule has 3 heterocycles. The second-order valence-electron chi connectivity index (χ2n) is 6.63. The van der Waals surface area contributed by atoms with E-state index < -0.39 is 0 Å². The summed E-state index contributed by atoms with van der Waals surface area (Å²) in [7, 11) is 2.15. The molecule has 2 aliphatic rings. The van der Waals surface area contributed by atoms with Crippen LogP contribution < -0.4 is 0 Å². The first kappa shape index (κ1) is 14.8. The van der Waals surface area contributed by atoms with E-state index in [2.05, 4.69) is 37.1 Å². The highest BCUT2D eigenvalue weighted by Gasteiger charge is 2.30. The lowest BCUT2D eigenvalue weighted by molar-refractivity contribution is 0.203. The molecule has 1 saturated heterocycles. The molecule has 8 heteroatoms. The third kappa shape index (κ3) is 3.59. The third-order valence-corrected chi connectivity index (χ3v) is 4.78. The molecule has 0 aromatic carbocycles. The van der Waals surface area contributed by atoms with Gasteiger partial charge in [-0.1, -0.05) is 0 Å². The van der Waals surface area contributed by atoms with Gasteiger partial charge in [-0.3, -0.25) is 14.5 Å². The number of hydrogen-bond donors (Lipinski definition) is 0. The summed E-state index contributed by atoms with van der Waals surface area (Å²) >= 11 is 0. The monoisotopic (exact) mass is 317 g/mol. The Morgan fingerprint density at radius 3 is 2.96 bits per heavy atom. The number of nitrogens with zero attached hydrogens (tertiary/aromatic N) is 7. The molecule has 0 N–H and O–H groups in total. The molecule has 4 rings (SSSR count). The fourth-order valence-electron chi connectivity index (χ4n) is 3.14. The molecule has 1 aliphatic carbocycles. The highest BCUT2D eigenvalue weighted by atomic mass is 16.4. The van der Waals surface area contributed by atoms with Crippen LogP contribution in [0.15, 0.2) is 17.1 Å². The van der Waals surface area contributed by atoms with Crippen molar-refractivity contribution in [2.24, 2.45) is 0 Å². The molecule has 0 spiro atoms. The Bertz CT molecular complexity index is 622. The second kappa shape index (κ2) is 6.37. The molecular formula is C15H23N7O. The average molecular weight is 317 g/mol. The van der Waals surface area contributed by atoms with E-state index in [-0.39, 0.29) is 0 Å². The number of rotatable bonds is 7. The lowest BCUT2D eigenvalue weighted by atomic mass is 10.2. The van der Waals surface area contributed by atoms with Gasteiger partial charge in [-0.15, -0.1) is 10.2 Å². The van der Waals surface area contributed by atoms with E-state index in [9.17, 15) is 0 Å². The van der Waals surface area contributed by atoms with E-state index in [0.717, 1.165) is 44.5 Å². The molecule has 0 amide bonds. The zero-order valence-corrected chi connectivity index (χ0v) is 13.5. The Balaban J connectivity index is 1.24. The number of likely N-dealkylation sites (tertiary alicyclic amines) is 1. The van der Waals surface area contributed by atoms with Crippen LogP contribution in [0, 0.1) is 0 Å². The van der Waals surface area contributed by atoms with E-state index in [1.165, 1.54) is 19.3 Å². The van der Waals surface area contributed by atoms with E-state index in [0.29, 0.717) is 12.0 Å². The summed E-state index contributed by atoms with van der Waals surface area (Å²) in [6.07, 6.45) is 6.92. The van der Waals surface area contributed by atoms with Gasteiger partial charge < -0.3 is 4.42 Å². The van der Waals surface area contributed by atoms with Crippen LogP contribution >= 0.6 is 0 Å². The summed E-state index contributed by atoms with van der Waals surface area (Å²) in [5.41, 5.74) is 0. The van der Waals surface area contributed by atoms with Gasteiger partial charge in [0.05, 0.1) is 13.1 Å². The molecule has 8 nitrogen and oxygen atoms in total. The molecule has 1 aliphatic heterocycles. The van der Waals surface area contributed by atoms with Crippen molar-refractivity contribution in [2.45, 2.75) is 44.3 Å². The van der Waals surface area contributed by atoms with Gasteiger partial charge in [-0.2, -0.15) is 5.10 Å². The first-order chi connectivity index (χ1) is 11.3. The van der Waals surface area contributed by atoms with Crippen LogP contribution in [-0.4, -0.2) is 67.5 Å². The summed E-state index contributed by atoms with van der Waals surface area (Å²) in [4.78, 5) is 8.79. The fraction of sp³-hybridized carbons (Fsp3) is 0.733. The maximum atomic E-state index is 5.77. The average Bonchev–Trinajstić information content (AvgIpc) is 3.00. The van der Waals surface area contributed by atoms with Crippen LogP contribution in [0.5, 0.6) is 0 Å². The van der Waals surface area contributed by atoms with Crippen LogP contribution in [0.1, 0.15) is 37.0 Å². The zero-order chi connectivity index (χ0) is 15.6. The number of hydrogen-bond acceptors (Lipinski definition) is 7.